The molecule has 0 aromatic heterocycles. The van der Waals surface area contributed by atoms with Crippen LogP contribution < -0.4 is 14.8 Å². The second-order valence-electron chi connectivity index (χ2n) is 5.66. The van der Waals surface area contributed by atoms with Crippen LogP contribution in [0.25, 0.3) is 0 Å². The summed E-state index contributed by atoms with van der Waals surface area (Å²) in [6.45, 7) is 3.30. The van der Waals surface area contributed by atoms with Crippen LogP contribution in [0.15, 0.2) is 48.5 Å². The molecule has 1 N–H and O–H groups in total. The molecule has 0 aliphatic heterocycles. The molecule has 2 aromatic rings. The first kappa shape index (κ1) is 19.2. The zero-order valence-electron chi connectivity index (χ0n) is 14.8. The number of amides is 1. The number of carbonyl (C=O) groups is 1. The van der Waals surface area contributed by atoms with Crippen molar-refractivity contribution < 1.29 is 14.3 Å². The van der Waals surface area contributed by atoms with Crippen molar-refractivity contribution in [3.63, 3.8) is 0 Å². The smallest absolute Gasteiger partial charge is 0.230 e. The molecule has 134 valence electrons. The largest absolute Gasteiger partial charge is 0.497 e. The van der Waals surface area contributed by atoms with Crippen LogP contribution in [0, 0.1) is 6.92 Å². The van der Waals surface area contributed by atoms with Gasteiger partial charge in [-0.1, -0.05) is 29.8 Å². The van der Waals surface area contributed by atoms with Crippen LogP contribution in [-0.4, -0.2) is 37.7 Å². The highest BCUT2D eigenvalue weighted by Gasteiger charge is 2.02. The number of benzene rings is 2. The lowest BCUT2D eigenvalue weighted by Gasteiger charge is -2.07. The zero-order valence-corrected chi connectivity index (χ0v) is 15.6. The predicted octanol–water partition coefficient (Wildman–Crippen LogP) is 3.47. The summed E-state index contributed by atoms with van der Waals surface area (Å²) >= 11 is 1.58. The maximum absolute atomic E-state index is 11.8. The summed E-state index contributed by atoms with van der Waals surface area (Å²) in [6.07, 6.45) is 0.816. The van der Waals surface area contributed by atoms with Gasteiger partial charge in [-0.3, -0.25) is 4.79 Å². The van der Waals surface area contributed by atoms with Crippen molar-refractivity contribution in [3.05, 3.63) is 59.7 Å². The van der Waals surface area contributed by atoms with Gasteiger partial charge in [0.25, 0.3) is 0 Å². The van der Waals surface area contributed by atoms with Crippen molar-refractivity contribution >= 4 is 17.7 Å². The average Bonchev–Trinajstić information content (AvgIpc) is 2.63. The van der Waals surface area contributed by atoms with E-state index in [0.717, 1.165) is 23.7 Å². The van der Waals surface area contributed by atoms with Gasteiger partial charge < -0.3 is 14.8 Å². The van der Waals surface area contributed by atoms with Crippen molar-refractivity contribution in [3.8, 4) is 11.5 Å². The van der Waals surface area contributed by atoms with Crippen LogP contribution in [0.1, 0.15) is 11.1 Å². The van der Waals surface area contributed by atoms with E-state index in [4.69, 9.17) is 9.47 Å². The predicted molar refractivity (Wildman–Crippen MR) is 104 cm³/mol. The van der Waals surface area contributed by atoms with Gasteiger partial charge >= 0.3 is 0 Å². The highest BCUT2D eigenvalue weighted by atomic mass is 32.2. The second-order valence-corrected chi connectivity index (χ2v) is 6.77. The summed E-state index contributed by atoms with van der Waals surface area (Å²) in [6, 6.07) is 15.9. The maximum Gasteiger partial charge on any atom is 0.230 e. The third-order valence-corrected chi connectivity index (χ3v) is 4.57. The summed E-state index contributed by atoms with van der Waals surface area (Å²) in [5.41, 5.74) is 2.40. The van der Waals surface area contributed by atoms with Gasteiger partial charge in [-0.2, -0.15) is 0 Å². The standard InChI is InChI=1S/C20H25NO3S/c1-16-3-7-19(8-4-16)24-13-14-25-15-20(22)21-12-11-17-5-9-18(23-2)10-6-17/h3-10H,11-15H2,1-2H3,(H,21,22). The van der Waals surface area contributed by atoms with Crippen LogP contribution in [0.4, 0.5) is 0 Å². The fourth-order valence-electron chi connectivity index (χ4n) is 2.21. The van der Waals surface area contributed by atoms with Crippen molar-refractivity contribution in [2.45, 2.75) is 13.3 Å². The first-order valence-electron chi connectivity index (χ1n) is 8.34. The molecule has 0 saturated heterocycles. The van der Waals surface area contributed by atoms with Crippen LogP contribution in [-0.2, 0) is 11.2 Å². The normalized spacial score (nSPS) is 10.3. The number of carbonyl (C=O) groups excluding carboxylic acids is 1. The van der Waals surface area contributed by atoms with E-state index < -0.39 is 0 Å². The topological polar surface area (TPSA) is 47.6 Å². The Balaban J connectivity index is 1.52. The van der Waals surface area contributed by atoms with Gasteiger partial charge in [0.05, 0.1) is 19.5 Å². The summed E-state index contributed by atoms with van der Waals surface area (Å²) < 4.78 is 10.8. The van der Waals surface area contributed by atoms with Gasteiger partial charge in [-0.15, -0.1) is 11.8 Å². The fraction of sp³-hybridized carbons (Fsp3) is 0.350. The maximum atomic E-state index is 11.8. The Bertz CT molecular complexity index is 641. The molecule has 0 radical (unpaired) electrons. The minimum absolute atomic E-state index is 0.0637. The van der Waals surface area contributed by atoms with E-state index in [-0.39, 0.29) is 5.91 Å². The van der Waals surface area contributed by atoms with E-state index >= 15 is 0 Å². The molecule has 0 spiro atoms. The van der Waals surface area contributed by atoms with Gasteiger partial charge in [0.15, 0.2) is 0 Å². The monoisotopic (exact) mass is 359 g/mol. The molecule has 0 aliphatic carbocycles. The first-order valence-corrected chi connectivity index (χ1v) is 9.49. The van der Waals surface area contributed by atoms with Crippen molar-refractivity contribution in [1.29, 1.82) is 0 Å². The summed E-state index contributed by atoms with van der Waals surface area (Å²) in [7, 11) is 1.65. The van der Waals surface area contributed by atoms with E-state index in [0.29, 0.717) is 18.9 Å². The lowest BCUT2D eigenvalue weighted by atomic mass is 10.1. The van der Waals surface area contributed by atoms with Crippen LogP contribution >= 0.6 is 11.8 Å². The van der Waals surface area contributed by atoms with E-state index in [1.807, 2.05) is 55.5 Å². The van der Waals surface area contributed by atoms with Gasteiger partial charge in [0.1, 0.15) is 11.5 Å². The lowest BCUT2D eigenvalue weighted by Crippen LogP contribution is -2.27. The molecule has 4 nitrogen and oxygen atoms in total. The first-order chi connectivity index (χ1) is 12.2. The number of methoxy groups -OCH3 is 1. The van der Waals surface area contributed by atoms with Gasteiger partial charge in [0, 0.05) is 12.3 Å². The SMILES string of the molecule is COc1ccc(CCNC(=O)CSCCOc2ccc(C)cc2)cc1. The number of hydrogen-bond acceptors (Lipinski definition) is 4. The molecule has 0 atom stereocenters. The molecular weight excluding hydrogens is 334 g/mol. The zero-order chi connectivity index (χ0) is 17.9. The van der Waals surface area contributed by atoms with Crippen LogP contribution in [0.5, 0.6) is 11.5 Å². The Labute approximate surface area is 153 Å². The lowest BCUT2D eigenvalue weighted by molar-refractivity contribution is -0.118. The number of ether oxygens (including phenoxy) is 2. The number of nitrogens with one attached hydrogen (secondary N) is 1. The molecule has 1 amide bonds. The van der Waals surface area contributed by atoms with Gasteiger partial charge in [-0.05, 0) is 43.2 Å². The average molecular weight is 359 g/mol. The Hall–Kier alpha value is -2.14. The third kappa shape index (κ3) is 7.52. The Morgan fingerprint density at radius 3 is 2.40 bits per heavy atom. The van der Waals surface area contributed by atoms with E-state index in [9.17, 15) is 4.79 Å². The van der Waals surface area contributed by atoms with Gasteiger partial charge in [-0.25, -0.2) is 0 Å². The summed E-state index contributed by atoms with van der Waals surface area (Å²) in [4.78, 5) is 11.8. The molecule has 0 bridgehead atoms. The minimum atomic E-state index is 0.0637. The molecule has 0 saturated carbocycles. The molecule has 2 rings (SSSR count). The fourth-order valence-corrected chi connectivity index (χ4v) is 2.84. The summed E-state index contributed by atoms with van der Waals surface area (Å²) in [5.74, 6) is 3.03. The third-order valence-electron chi connectivity index (χ3n) is 3.65. The Morgan fingerprint density at radius 1 is 1.04 bits per heavy atom. The molecular formula is C20H25NO3S. The van der Waals surface area contributed by atoms with Crippen molar-refractivity contribution in [2.75, 3.05) is 31.8 Å². The van der Waals surface area contributed by atoms with E-state index in [1.165, 1.54) is 11.1 Å². The number of aryl methyl sites for hydroxylation is 1. The quantitative estimate of drug-likeness (QED) is 0.660. The van der Waals surface area contributed by atoms with Crippen molar-refractivity contribution in [1.82, 2.24) is 5.32 Å². The van der Waals surface area contributed by atoms with Crippen LogP contribution in [0.2, 0.25) is 0 Å². The second kappa shape index (κ2) is 10.7. The molecule has 25 heavy (non-hydrogen) atoms. The molecule has 0 unspecified atom stereocenters. The highest BCUT2D eigenvalue weighted by Crippen LogP contribution is 2.12. The number of thioether (sulfide) groups is 1. The van der Waals surface area contributed by atoms with Crippen molar-refractivity contribution in [2.24, 2.45) is 0 Å². The molecule has 0 fully saturated rings. The minimum Gasteiger partial charge on any atom is -0.497 e. The summed E-state index contributed by atoms with van der Waals surface area (Å²) in [5, 5.41) is 2.94. The number of hydrogen-bond donors (Lipinski definition) is 1. The highest BCUT2D eigenvalue weighted by molar-refractivity contribution is 7.99. The molecule has 0 heterocycles. The molecule has 5 heteroatoms. The molecule has 0 aliphatic rings. The van der Waals surface area contributed by atoms with Gasteiger partial charge in [0.2, 0.25) is 5.91 Å². The van der Waals surface area contributed by atoms with E-state index in [2.05, 4.69) is 5.32 Å². The Morgan fingerprint density at radius 2 is 1.72 bits per heavy atom. The number of rotatable bonds is 10. The van der Waals surface area contributed by atoms with Crippen LogP contribution in [0.3, 0.4) is 0 Å². The molecule has 2 aromatic carbocycles. The van der Waals surface area contributed by atoms with E-state index in [1.54, 1.807) is 18.9 Å². The Kier molecular flexibility index (Phi) is 8.19.